The summed E-state index contributed by atoms with van der Waals surface area (Å²) in [6.07, 6.45) is 4.77. The standard InChI is InChI=1S/C28H30N4O3S/c1-17(2)35-25-11-8-18(13-19(25)14-29)27-30-15-26(36-27)23-7-3-6-22-21(23)9-10-24(22)31-28(34)32-12-4-5-20(33)16-32/h3,6-8,11,13,15,17,20,24,33H,4-5,9-10,12,16H2,1-2H3,(H,31,34)/t20-,24+/m0/s1. The summed E-state index contributed by atoms with van der Waals surface area (Å²) in [5.41, 5.74) is 4.92. The average molecular weight is 503 g/mol. The molecule has 2 atom stereocenters. The largest absolute Gasteiger partial charge is 0.490 e. The molecule has 5 rings (SSSR count). The van der Waals surface area contributed by atoms with Gasteiger partial charge < -0.3 is 20.1 Å². The lowest BCUT2D eigenvalue weighted by molar-refractivity contribution is 0.0833. The summed E-state index contributed by atoms with van der Waals surface area (Å²) in [4.78, 5) is 20.3. The number of nitrogens with one attached hydrogen (secondary N) is 1. The molecule has 3 aromatic rings. The Bertz CT molecular complexity index is 1310. The molecule has 2 amide bonds. The maximum Gasteiger partial charge on any atom is 0.317 e. The topological polar surface area (TPSA) is 98.5 Å². The first kappa shape index (κ1) is 24.3. The monoisotopic (exact) mass is 502 g/mol. The Labute approximate surface area is 215 Å². The second-order valence-corrected chi connectivity index (χ2v) is 10.7. The van der Waals surface area contributed by atoms with E-state index in [1.54, 1.807) is 16.2 Å². The highest BCUT2D eigenvalue weighted by molar-refractivity contribution is 7.18. The van der Waals surface area contributed by atoms with Crippen molar-refractivity contribution in [2.75, 3.05) is 13.1 Å². The van der Waals surface area contributed by atoms with Crippen molar-refractivity contribution in [3.05, 3.63) is 59.3 Å². The Hall–Kier alpha value is -3.41. The first-order valence-electron chi connectivity index (χ1n) is 12.5. The molecule has 0 saturated carbocycles. The van der Waals surface area contributed by atoms with E-state index in [2.05, 4.69) is 28.5 Å². The number of likely N-dealkylation sites (tertiary alicyclic amines) is 1. The highest BCUT2D eigenvalue weighted by atomic mass is 32.1. The molecule has 1 fully saturated rings. The van der Waals surface area contributed by atoms with Crippen LogP contribution in [0.5, 0.6) is 5.75 Å². The number of carbonyl (C=O) groups is 1. The molecule has 0 unspecified atom stereocenters. The molecule has 2 heterocycles. The van der Waals surface area contributed by atoms with E-state index in [1.165, 1.54) is 5.56 Å². The molecular formula is C28H30N4O3S. The van der Waals surface area contributed by atoms with E-state index >= 15 is 0 Å². The number of β-amino-alcohol motifs (C(OH)–C–C–N with tert-alkyl or cyclic N) is 1. The van der Waals surface area contributed by atoms with Gasteiger partial charge >= 0.3 is 6.03 Å². The van der Waals surface area contributed by atoms with Gasteiger partial charge in [-0.25, -0.2) is 9.78 Å². The number of amides is 2. The lowest BCUT2D eigenvalue weighted by Crippen LogP contribution is -2.47. The van der Waals surface area contributed by atoms with Crippen molar-refractivity contribution in [3.8, 4) is 32.8 Å². The second kappa shape index (κ2) is 10.3. The number of nitriles is 1. The first-order chi connectivity index (χ1) is 17.4. The minimum absolute atomic E-state index is 0.00496. The normalized spacial score (nSPS) is 19.1. The van der Waals surface area contributed by atoms with Crippen LogP contribution in [0.15, 0.2) is 42.6 Å². The maximum absolute atomic E-state index is 12.8. The van der Waals surface area contributed by atoms with E-state index in [0.717, 1.165) is 52.3 Å². The van der Waals surface area contributed by atoms with Gasteiger partial charge in [-0.05, 0) is 74.4 Å². The van der Waals surface area contributed by atoms with Crippen LogP contribution in [0, 0.1) is 11.3 Å². The number of fused-ring (bicyclic) bond motifs is 1. The molecule has 2 aromatic carbocycles. The van der Waals surface area contributed by atoms with Gasteiger partial charge in [-0.15, -0.1) is 11.3 Å². The van der Waals surface area contributed by atoms with Crippen molar-refractivity contribution >= 4 is 17.4 Å². The number of rotatable bonds is 5. The number of carbonyl (C=O) groups excluding carboxylic acids is 1. The van der Waals surface area contributed by atoms with Crippen LogP contribution in [-0.4, -0.2) is 46.3 Å². The van der Waals surface area contributed by atoms with Gasteiger partial charge in [-0.3, -0.25) is 0 Å². The molecule has 8 heteroatoms. The summed E-state index contributed by atoms with van der Waals surface area (Å²) < 4.78 is 5.75. The lowest BCUT2D eigenvalue weighted by Gasteiger charge is -2.31. The van der Waals surface area contributed by atoms with Gasteiger partial charge in [0, 0.05) is 24.8 Å². The van der Waals surface area contributed by atoms with E-state index in [1.807, 2.05) is 44.3 Å². The van der Waals surface area contributed by atoms with Crippen LogP contribution in [0.4, 0.5) is 4.79 Å². The molecule has 1 aromatic heterocycles. The molecule has 2 N–H and O–H groups in total. The smallest absolute Gasteiger partial charge is 0.317 e. The van der Waals surface area contributed by atoms with Crippen molar-refractivity contribution in [2.45, 2.75) is 57.8 Å². The zero-order chi connectivity index (χ0) is 25.2. The first-order valence-corrected chi connectivity index (χ1v) is 13.3. The molecule has 36 heavy (non-hydrogen) atoms. The molecular weight excluding hydrogens is 472 g/mol. The van der Waals surface area contributed by atoms with Crippen LogP contribution in [0.3, 0.4) is 0 Å². The van der Waals surface area contributed by atoms with Gasteiger partial charge in [0.25, 0.3) is 0 Å². The number of ether oxygens (including phenoxy) is 1. The average Bonchev–Trinajstić information content (AvgIpc) is 3.52. The number of aliphatic hydroxyl groups excluding tert-OH is 1. The molecule has 186 valence electrons. The minimum atomic E-state index is -0.435. The number of aliphatic hydroxyl groups is 1. The summed E-state index contributed by atoms with van der Waals surface area (Å²) >= 11 is 1.60. The van der Waals surface area contributed by atoms with E-state index < -0.39 is 6.10 Å². The number of benzene rings is 2. The second-order valence-electron chi connectivity index (χ2n) is 9.68. The number of aromatic nitrogens is 1. The van der Waals surface area contributed by atoms with Crippen LogP contribution >= 0.6 is 11.3 Å². The zero-order valence-electron chi connectivity index (χ0n) is 20.5. The SMILES string of the molecule is CC(C)Oc1ccc(-c2ncc(-c3cccc4c3CC[C@H]4NC(=O)N3CCC[C@H](O)C3)s2)cc1C#N. The van der Waals surface area contributed by atoms with Crippen LogP contribution < -0.4 is 10.1 Å². The van der Waals surface area contributed by atoms with E-state index in [4.69, 9.17) is 4.74 Å². The number of urea groups is 1. The van der Waals surface area contributed by atoms with E-state index in [0.29, 0.717) is 24.4 Å². The molecule has 0 bridgehead atoms. The third kappa shape index (κ3) is 4.95. The zero-order valence-corrected chi connectivity index (χ0v) is 21.3. The van der Waals surface area contributed by atoms with Gasteiger partial charge in [0.2, 0.25) is 0 Å². The molecule has 0 radical (unpaired) electrons. The Morgan fingerprint density at radius 1 is 1.31 bits per heavy atom. The fourth-order valence-electron chi connectivity index (χ4n) is 5.05. The fraction of sp³-hybridized carbons (Fsp3) is 0.393. The third-order valence-corrected chi connectivity index (χ3v) is 7.81. The molecule has 1 saturated heterocycles. The summed E-state index contributed by atoms with van der Waals surface area (Å²) in [5.74, 6) is 0.584. The highest BCUT2D eigenvalue weighted by Crippen LogP contribution is 2.41. The van der Waals surface area contributed by atoms with Gasteiger partial charge in [-0.2, -0.15) is 5.26 Å². The predicted molar refractivity (Wildman–Crippen MR) is 140 cm³/mol. The van der Waals surface area contributed by atoms with Crippen LogP contribution in [-0.2, 0) is 6.42 Å². The molecule has 1 aliphatic heterocycles. The Kier molecular flexibility index (Phi) is 6.95. The van der Waals surface area contributed by atoms with Gasteiger partial charge in [0.1, 0.15) is 16.8 Å². The molecule has 1 aliphatic carbocycles. The van der Waals surface area contributed by atoms with Crippen LogP contribution in [0.2, 0.25) is 0 Å². The third-order valence-electron chi connectivity index (χ3n) is 6.73. The molecule has 2 aliphatic rings. The summed E-state index contributed by atoms with van der Waals surface area (Å²) in [6, 6.07) is 13.9. The lowest BCUT2D eigenvalue weighted by atomic mass is 10.0. The van der Waals surface area contributed by atoms with Crippen molar-refractivity contribution < 1.29 is 14.6 Å². The number of thiazole rings is 1. The molecule has 0 spiro atoms. The highest BCUT2D eigenvalue weighted by Gasteiger charge is 2.29. The Morgan fingerprint density at radius 2 is 2.17 bits per heavy atom. The van der Waals surface area contributed by atoms with Crippen molar-refractivity contribution in [3.63, 3.8) is 0 Å². The summed E-state index contributed by atoms with van der Waals surface area (Å²) in [7, 11) is 0. The number of hydrogen-bond acceptors (Lipinski definition) is 6. The van der Waals surface area contributed by atoms with Gasteiger partial charge in [0.05, 0.1) is 28.7 Å². The number of piperidine rings is 1. The van der Waals surface area contributed by atoms with Crippen molar-refractivity contribution in [2.24, 2.45) is 0 Å². The number of nitrogens with zero attached hydrogens (tertiary/aromatic N) is 3. The van der Waals surface area contributed by atoms with Crippen LogP contribution in [0.1, 0.15) is 55.8 Å². The predicted octanol–water partition coefficient (Wildman–Crippen LogP) is 5.29. The van der Waals surface area contributed by atoms with E-state index in [9.17, 15) is 15.2 Å². The van der Waals surface area contributed by atoms with Gasteiger partial charge in [0.15, 0.2) is 0 Å². The Morgan fingerprint density at radius 3 is 2.94 bits per heavy atom. The summed E-state index contributed by atoms with van der Waals surface area (Å²) in [6.45, 7) is 4.96. The van der Waals surface area contributed by atoms with E-state index in [-0.39, 0.29) is 18.2 Å². The van der Waals surface area contributed by atoms with Crippen molar-refractivity contribution in [1.29, 1.82) is 5.26 Å². The fourth-order valence-corrected chi connectivity index (χ4v) is 6.02. The summed E-state index contributed by atoms with van der Waals surface area (Å²) in [5, 5.41) is 23.5. The quantitative estimate of drug-likeness (QED) is 0.494. The number of hydrogen-bond donors (Lipinski definition) is 2. The molecule has 7 nitrogen and oxygen atoms in total. The van der Waals surface area contributed by atoms with Gasteiger partial charge in [-0.1, -0.05) is 18.2 Å². The Balaban J connectivity index is 1.36. The van der Waals surface area contributed by atoms with Crippen LogP contribution in [0.25, 0.3) is 21.0 Å². The maximum atomic E-state index is 12.8. The van der Waals surface area contributed by atoms with Crippen molar-refractivity contribution in [1.82, 2.24) is 15.2 Å². The minimum Gasteiger partial charge on any atom is -0.490 e.